The van der Waals surface area contributed by atoms with E-state index in [0.717, 1.165) is 10.5 Å². The smallest absolute Gasteiger partial charge is 0.144 e. The van der Waals surface area contributed by atoms with Gasteiger partial charge in [0.15, 0.2) is 0 Å². The summed E-state index contributed by atoms with van der Waals surface area (Å²) in [6, 6.07) is 0. The van der Waals surface area contributed by atoms with Crippen molar-refractivity contribution in [2.45, 2.75) is 0 Å². The molecule has 2 aliphatic heterocycles. The molecule has 0 spiro atoms. The number of aldehydes is 1. The van der Waals surface area contributed by atoms with Crippen molar-refractivity contribution in [2.24, 2.45) is 0 Å². The first-order valence-corrected chi connectivity index (χ1v) is 7.01. The normalized spacial score (nSPS) is 22.5. The highest BCUT2D eigenvalue weighted by atomic mass is 32.3. The topological polar surface area (TPSA) is 17.1 Å². The predicted molar refractivity (Wildman–Crippen MR) is 61.3 cm³/mol. The van der Waals surface area contributed by atoms with E-state index in [1.165, 1.54) is 20.0 Å². The van der Waals surface area contributed by atoms with E-state index < -0.39 is 0 Å². The molecule has 0 aromatic heterocycles. The summed E-state index contributed by atoms with van der Waals surface area (Å²) in [6.07, 6.45) is 2.51. The van der Waals surface area contributed by atoms with E-state index in [2.05, 4.69) is 0 Å². The van der Waals surface area contributed by atoms with Crippen LogP contribution in [0.3, 0.4) is 0 Å². The third-order valence-corrected chi connectivity index (χ3v) is 6.99. The van der Waals surface area contributed by atoms with Crippen molar-refractivity contribution in [1.29, 1.82) is 0 Å². The molecular formula is C7H6OS4. The van der Waals surface area contributed by atoms with Crippen molar-refractivity contribution in [3.8, 4) is 0 Å². The molecule has 12 heavy (non-hydrogen) atoms. The lowest BCUT2D eigenvalue weighted by Crippen LogP contribution is -1.88. The van der Waals surface area contributed by atoms with Gasteiger partial charge in [-0.15, -0.1) is 23.5 Å². The highest BCUT2D eigenvalue weighted by Gasteiger charge is 2.24. The molecule has 5 heteroatoms. The Morgan fingerprint density at radius 2 is 1.67 bits per heavy atom. The maximum atomic E-state index is 10.2. The summed E-state index contributed by atoms with van der Waals surface area (Å²) in [4.78, 5) is 10.2. The van der Waals surface area contributed by atoms with Crippen molar-refractivity contribution >= 4 is 53.3 Å². The van der Waals surface area contributed by atoms with E-state index in [0.29, 0.717) is 0 Å². The van der Waals surface area contributed by atoms with E-state index in [9.17, 15) is 4.79 Å². The molecule has 1 nitrogen and oxygen atoms in total. The Morgan fingerprint density at radius 1 is 1.08 bits per heavy atom. The van der Waals surface area contributed by atoms with Gasteiger partial charge in [0.05, 0.1) is 12.7 Å². The average Bonchev–Trinajstić information content (AvgIpc) is 2.47. The molecule has 0 aromatic carbocycles. The molecule has 2 heterocycles. The van der Waals surface area contributed by atoms with Crippen molar-refractivity contribution < 1.29 is 4.79 Å². The SMILES string of the molecule is O=CC=C1SC2=C(SCCS2)S1. The van der Waals surface area contributed by atoms with Crippen LogP contribution in [0.5, 0.6) is 0 Å². The molecule has 0 saturated heterocycles. The van der Waals surface area contributed by atoms with Gasteiger partial charge in [0.1, 0.15) is 6.29 Å². The van der Waals surface area contributed by atoms with Crippen molar-refractivity contribution in [1.82, 2.24) is 0 Å². The minimum atomic E-state index is 0.864. The van der Waals surface area contributed by atoms with Crippen LogP contribution in [0.1, 0.15) is 0 Å². The fraction of sp³-hybridized carbons (Fsp3) is 0.286. The lowest BCUT2D eigenvalue weighted by Gasteiger charge is -2.08. The molecule has 0 unspecified atom stereocenters. The number of rotatable bonds is 1. The highest BCUT2D eigenvalue weighted by molar-refractivity contribution is 8.41. The van der Waals surface area contributed by atoms with Crippen LogP contribution in [0.25, 0.3) is 0 Å². The van der Waals surface area contributed by atoms with Gasteiger partial charge < -0.3 is 0 Å². The van der Waals surface area contributed by atoms with Crippen LogP contribution < -0.4 is 0 Å². The van der Waals surface area contributed by atoms with Gasteiger partial charge in [-0.3, -0.25) is 4.79 Å². The molecule has 2 aliphatic rings. The summed E-state index contributed by atoms with van der Waals surface area (Å²) in [5, 5.41) is 0. The Balaban J connectivity index is 2.11. The fourth-order valence-corrected chi connectivity index (χ4v) is 6.61. The van der Waals surface area contributed by atoms with Crippen LogP contribution in [0.2, 0.25) is 0 Å². The predicted octanol–water partition coefficient (Wildman–Crippen LogP) is 3.11. The number of hydrogen-bond donors (Lipinski definition) is 0. The van der Waals surface area contributed by atoms with E-state index in [1.807, 2.05) is 23.5 Å². The van der Waals surface area contributed by atoms with Crippen molar-refractivity contribution in [3.63, 3.8) is 0 Å². The first-order chi connectivity index (χ1) is 5.90. The number of carbonyl (C=O) groups excluding carboxylic acids is 1. The standard InChI is InChI=1S/C7H6OS4/c8-2-1-5-11-6-7(12-5)10-4-3-9-6/h1-2H,3-4H2. The Bertz CT molecular complexity index is 249. The third-order valence-electron chi connectivity index (χ3n) is 1.31. The molecule has 2 rings (SSSR count). The van der Waals surface area contributed by atoms with E-state index in [4.69, 9.17) is 0 Å². The van der Waals surface area contributed by atoms with Gasteiger partial charge in [0, 0.05) is 11.5 Å². The number of carbonyl (C=O) groups is 1. The summed E-state index contributed by atoms with van der Waals surface area (Å²) in [6.45, 7) is 0. The average molecular weight is 234 g/mol. The second-order valence-electron chi connectivity index (χ2n) is 2.10. The van der Waals surface area contributed by atoms with Gasteiger partial charge >= 0.3 is 0 Å². The molecule has 0 aromatic rings. The molecule has 0 fully saturated rings. The van der Waals surface area contributed by atoms with E-state index in [1.54, 1.807) is 29.6 Å². The zero-order chi connectivity index (χ0) is 8.39. The molecule has 0 N–H and O–H groups in total. The quantitative estimate of drug-likeness (QED) is 0.510. The largest absolute Gasteiger partial charge is 0.298 e. The zero-order valence-corrected chi connectivity index (χ0v) is 9.38. The van der Waals surface area contributed by atoms with Crippen molar-refractivity contribution in [3.05, 3.63) is 18.8 Å². The molecule has 0 bridgehead atoms. The van der Waals surface area contributed by atoms with Gasteiger partial charge in [-0.25, -0.2) is 0 Å². The Labute approximate surface area is 88.2 Å². The number of hydrogen-bond acceptors (Lipinski definition) is 5. The Kier molecular flexibility index (Phi) is 3.17. The van der Waals surface area contributed by atoms with Crippen LogP contribution in [0, 0.1) is 0 Å². The summed E-state index contributed by atoms with van der Waals surface area (Å²) in [7, 11) is 0. The summed E-state index contributed by atoms with van der Waals surface area (Å²) in [5.74, 6) is 2.40. The van der Waals surface area contributed by atoms with Crippen LogP contribution >= 0.6 is 47.0 Å². The minimum Gasteiger partial charge on any atom is -0.298 e. The third kappa shape index (κ3) is 1.89. The number of allylic oxidation sites excluding steroid dienone is 1. The van der Waals surface area contributed by atoms with Crippen LogP contribution in [0.15, 0.2) is 18.8 Å². The van der Waals surface area contributed by atoms with Gasteiger partial charge in [-0.1, -0.05) is 23.5 Å². The van der Waals surface area contributed by atoms with Gasteiger partial charge in [0.2, 0.25) is 0 Å². The maximum Gasteiger partial charge on any atom is 0.144 e. The van der Waals surface area contributed by atoms with E-state index in [-0.39, 0.29) is 0 Å². The Hall–Kier alpha value is 0.550. The lowest BCUT2D eigenvalue weighted by atomic mass is 10.7. The zero-order valence-electron chi connectivity index (χ0n) is 6.11. The van der Waals surface area contributed by atoms with Gasteiger partial charge in [-0.2, -0.15) is 0 Å². The van der Waals surface area contributed by atoms with Crippen LogP contribution in [0.4, 0.5) is 0 Å². The molecule has 0 saturated carbocycles. The fourth-order valence-electron chi connectivity index (χ4n) is 0.856. The highest BCUT2D eigenvalue weighted by Crippen LogP contribution is 2.58. The number of thioether (sulfide) groups is 4. The molecule has 64 valence electrons. The second-order valence-corrected chi connectivity index (χ2v) is 7.19. The summed E-state index contributed by atoms with van der Waals surface area (Å²) in [5.41, 5.74) is 0. The lowest BCUT2D eigenvalue weighted by molar-refractivity contribution is -0.104. The first-order valence-electron chi connectivity index (χ1n) is 3.41. The van der Waals surface area contributed by atoms with Gasteiger partial charge in [-0.05, 0) is 6.08 Å². The molecule has 0 radical (unpaired) electrons. The molecular weight excluding hydrogens is 228 g/mol. The van der Waals surface area contributed by atoms with Crippen LogP contribution in [-0.4, -0.2) is 17.8 Å². The monoisotopic (exact) mass is 234 g/mol. The minimum absolute atomic E-state index is 0.864. The molecule has 0 amide bonds. The molecule has 0 aliphatic carbocycles. The first kappa shape index (κ1) is 9.12. The second kappa shape index (κ2) is 4.17. The Morgan fingerprint density at radius 3 is 2.17 bits per heavy atom. The molecule has 0 atom stereocenters. The maximum absolute atomic E-state index is 10.2. The summed E-state index contributed by atoms with van der Waals surface area (Å²) >= 11 is 7.28. The van der Waals surface area contributed by atoms with Crippen molar-refractivity contribution in [2.75, 3.05) is 11.5 Å². The van der Waals surface area contributed by atoms with E-state index >= 15 is 0 Å². The van der Waals surface area contributed by atoms with Crippen LogP contribution in [-0.2, 0) is 4.79 Å². The summed E-state index contributed by atoms with van der Waals surface area (Å²) < 4.78 is 3.91. The van der Waals surface area contributed by atoms with Gasteiger partial charge in [0.25, 0.3) is 0 Å².